The number of nitro groups is 1. The van der Waals surface area contributed by atoms with E-state index in [2.05, 4.69) is 0 Å². The SMILES string of the molecule is NC1(Cc2ccccc2[N+](=O)[O-])CCOC1. The Bertz CT molecular complexity index is 400. The minimum atomic E-state index is -0.452. The lowest BCUT2D eigenvalue weighted by molar-refractivity contribution is -0.385. The van der Waals surface area contributed by atoms with Crippen LogP contribution in [0.25, 0.3) is 0 Å². The molecule has 2 N–H and O–H groups in total. The fraction of sp³-hybridized carbons (Fsp3) is 0.455. The quantitative estimate of drug-likeness (QED) is 0.616. The van der Waals surface area contributed by atoms with Crippen LogP contribution in [-0.2, 0) is 11.2 Å². The van der Waals surface area contributed by atoms with E-state index in [1.807, 2.05) is 0 Å². The summed E-state index contributed by atoms with van der Waals surface area (Å²) in [4.78, 5) is 10.5. The summed E-state index contributed by atoms with van der Waals surface area (Å²) in [5.41, 5.74) is 6.48. The predicted octanol–water partition coefficient (Wildman–Crippen LogP) is 1.26. The summed E-state index contributed by atoms with van der Waals surface area (Å²) in [6.07, 6.45) is 1.24. The average molecular weight is 222 g/mol. The van der Waals surface area contributed by atoms with E-state index in [4.69, 9.17) is 10.5 Å². The lowest BCUT2D eigenvalue weighted by Crippen LogP contribution is -2.42. The molecule has 1 aromatic carbocycles. The first kappa shape index (κ1) is 11.0. The molecule has 0 amide bonds. The molecular formula is C11H14N2O3. The Balaban J connectivity index is 2.23. The van der Waals surface area contributed by atoms with Crippen molar-refractivity contribution in [2.45, 2.75) is 18.4 Å². The molecule has 0 aromatic heterocycles. The summed E-state index contributed by atoms with van der Waals surface area (Å²) in [6, 6.07) is 6.72. The van der Waals surface area contributed by atoms with E-state index in [0.717, 1.165) is 6.42 Å². The van der Waals surface area contributed by atoms with Crippen molar-refractivity contribution in [1.29, 1.82) is 0 Å². The van der Waals surface area contributed by atoms with E-state index in [1.54, 1.807) is 18.2 Å². The number of ether oxygens (including phenoxy) is 1. The Kier molecular flexibility index (Phi) is 2.89. The fourth-order valence-electron chi connectivity index (χ4n) is 1.98. The van der Waals surface area contributed by atoms with Gasteiger partial charge in [-0.3, -0.25) is 10.1 Å². The lowest BCUT2D eigenvalue weighted by atomic mass is 9.90. The van der Waals surface area contributed by atoms with Crippen molar-refractivity contribution in [2.75, 3.05) is 13.2 Å². The Hall–Kier alpha value is -1.46. The van der Waals surface area contributed by atoms with Gasteiger partial charge in [-0.2, -0.15) is 0 Å². The van der Waals surface area contributed by atoms with Crippen molar-refractivity contribution >= 4 is 5.69 Å². The van der Waals surface area contributed by atoms with Crippen LogP contribution in [0.1, 0.15) is 12.0 Å². The Morgan fingerprint density at radius 1 is 1.50 bits per heavy atom. The van der Waals surface area contributed by atoms with Gasteiger partial charge in [0.2, 0.25) is 0 Å². The highest BCUT2D eigenvalue weighted by molar-refractivity contribution is 5.41. The summed E-state index contributed by atoms with van der Waals surface area (Å²) in [5, 5.41) is 10.8. The van der Waals surface area contributed by atoms with E-state index in [1.165, 1.54) is 6.07 Å². The molecular weight excluding hydrogens is 208 g/mol. The molecule has 86 valence electrons. The van der Waals surface area contributed by atoms with Crippen molar-refractivity contribution in [3.63, 3.8) is 0 Å². The van der Waals surface area contributed by atoms with Crippen molar-refractivity contribution in [3.05, 3.63) is 39.9 Å². The summed E-state index contributed by atoms with van der Waals surface area (Å²) < 4.78 is 5.24. The summed E-state index contributed by atoms with van der Waals surface area (Å²) in [6.45, 7) is 1.11. The largest absolute Gasteiger partial charge is 0.379 e. The van der Waals surface area contributed by atoms with Crippen LogP contribution in [0.4, 0.5) is 5.69 Å². The maximum atomic E-state index is 10.8. The standard InChI is InChI=1S/C11H14N2O3/c12-11(5-6-16-8-11)7-9-3-1-2-4-10(9)13(14)15/h1-4H,5-8,12H2. The van der Waals surface area contributed by atoms with E-state index in [0.29, 0.717) is 25.2 Å². The molecule has 16 heavy (non-hydrogen) atoms. The van der Waals surface area contributed by atoms with Gasteiger partial charge in [-0.1, -0.05) is 18.2 Å². The highest BCUT2D eigenvalue weighted by Gasteiger charge is 2.32. The topological polar surface area (TPSA) is 78.4 Å². The maximum absolute atomic E-state index is 10.8. The van der Waals surface area contributed by atoms with Crippen molar-refractivity contribution < 1.29 is 9.66 Å². The Labute approximate surface area is 93.4 Å². The number of benzene rings is 1. The number of nitro benzene ring substituents is 1. The zero-order chi connectivity index (χ0) is 11.6. The van der Waals surface area contributed by atoms with Crippen LogP contribution in [0, 0.1) is 10.1 Å². The zero-order valence-corrected chi connectivity index (χ0v) is 8.89. The molecule has 1 saturated heterocycles. The highest BCUT2D eigenvalue weighted by atomic mass is 16.6. The number of para-hydroxylation sites is 1. The van der Waals surface area contributed by atoms with Crippen LogP contribution in [0.2, 0.25) is 0 Å². The van der Waals surface area contributed by atoms with Gasteiger partial charge in [0.25, 0.3) is 5.69 Å². The third-order valence-electron chi connectivity index (χ3n) is 2.86. The van der Waals surface area contributed by atoms with Gasteiger partial charge in [-0.25, -0.2) is 0 Å². The molecule has 2 rings (SSSR count). The van der Waals surface area contributed by atoms with Gasteiger partial charge in [0.05, 0.1) is 11.5 Å². The second-order valence-corrected chi connectivity index (χ2v) is 4.23. The molecule has 5 nitrogen and oxygen atoms in total. The van der Waals surface area contributed by atoms with Crippen molar-refractivity contribution in [1.82, 2.24) is 0 Å². The number of rotatable bonds is 3. The highest BCUT2D eigenvalue weighted by Crippen LogP contribution is 2.26. The average Bonchev–Trinajstić information content (AvgIpc) is 2.65. The molecule has 1 heterocycles. The zero-order valence-electron chi connectivity index (χ0n) is 8.89. The molecule has 1 fully saturated rings. The van der Waals surface area contributed by atoms with Gasteiger partial charge >= 0.3 is 0 Å². The summed E-state index contributed by atoms with van der Waals surface area (Å²) >= 11 is 0. The van der Waals surface area contributed by atoms with Crippen LogP contribution < -0.4 is 5.73 Å². The summed E-state index contributed by atoms with van der Waals surface area (Å²) in [5.74, 6) is 0. The molecule has 1 aliphatic heterocycles. The van der Waals surface area contributed by atoms with Crippen LogP contribution in [-0.4, -0.2) is 23.7 Å². The minimum absolute atomic E-state index is 0.138. The van der Waals surface area contributed by atoms with Crippen LogP contribution in [0.5, 0.6) is 0 Å². The third-order valence-corrected chi connectivity index (χ3v) is 2.86. The second-order valence-electron chi connectivity index (χ2n) is 4.23. The monoisotopic (exact) mass is 222 g/mol. The van der Waals surface area contributed by atoms with E-state index in [9.17, 15) is 10.1 Å². The van der Waals surface area contributed by atoms with Crippen LogP contribution in [0.15, 0.2) is 24.3 Å². The van der Waals surface area contributed by atoms with Gasteiger partial charge in [0.15, 0.2) is 0 Å². The lowest BCUT2D eigenvalue weighted by Gasteiger charge is -2.21. The predicted molar refractivity (Wildman–Crippen MR) is 59.2 cm³/mol. The number of hydrogen-bond acceptors (Lipinski definition) is 4. The van der Waals surface area contributed by atoms with Crippen LogP contribution >= 0.6 is 0 Å². The molecule has 5 heteroatoms. The van der Waals surface area contributed by atoms with Gasteiger partial charge in [0.1, 0.15) is 0 Å². The third kappa shape index (κ3) is 2.20. The normalized spacial score (nSPS) is 24.6. The Morgan fingerprint density at radius 2 is 2.25 bits per heavy atom. The first-order valence-corrected chi connectivity index (χ1v) is 5.20. The number of nitrogens with two attached hydrogens (primary N) is 1. The molecule has 0 spiro atoms. The molecule has 1 aliphatic rings. The van der Waals surface area contributed by atoms with Gasteiger partial charge < -0.3 is 10.5 Å². The summed E-state index contributed by atoms with van der Waals surface area (Å²) in [7, 11) is 0. The van der Waals surface area contributed by atoms with Crippen LogP contribution in [0.3, 0.4) is 0 Å². The number of hydrogen-bond donors (Lipinski definition) is 1. The molecule has 0 aliphatic carbocycles. The van der Waals surface area contributed by atoms with E-state index < -0.39 is 5.54 Å². The molecule has 1 aromatic rings. The molecule has 0 radical (unpaired) electrons. The van der Waals surface area contributed by atoms with Gasteiger partial charge in [-0.05, 0) is 12.8 Å². The van der Waals surface area contributed by atoms with E-state index >= 15 is 0 Å². The molecule has 0 bridgehead atoms. The Morgan fingerprint density at radius 3 is 2.88 bits per heavy atom. The second kappa shape index (κ2) is 4.19. The molecule has 1 atom stereocenters. The smallest absolute Gasteiger partial charge is 0.272 e. The van der Waals surface area contributed by atoms with Crippen molar-refractivity contribution in [2.24, 2.45) is 5.73 Å². The van der Waals surface area contributed by atoms with Gasteiger partial charge in [-0.15, -0.1) is 0 Å². The first-order valence-electron chi connectivity index (χ1n) is 5.20. The van der Waals surface area contributed by atoms with Crippen molar-refractivity contribution in [3.8, 4) is 0 Å². The first-order chi connectivity index (χ1) is 7.61. The maximum Gasteiger partial charge on any atom is 0.272 e. The number of nitrogens with zero attached hydrogens (tertiary/aromatic N) is 1. The molecule has 0 saturated carbocycles. The van der Waals surface area contributed by atoms with E-state index in [-0.39, 0.29) is 10.6 Å². The minimum Gasteiger partial charge on any atom is -0.379 e. The fourth-order valence-corrected chi connectivity index (χ4v) is 1.98. The van der Waals surface area contributed by atoms with Gasteiger partial charge in [0, 0.05) is 23.8 Å². The molecule has 1 unspecified atom stereocenters.